The molecule has 0 atom stereocenters. The molecule has 0 fully saturated rings. The van der Waals surface area contributed by atoms with Gasteiger partial charge in [-0.25, -0.2) is 0 Å². The van der Waals surface area contributed by atoms with Gasteiger partial charge in [0.2, 0.25) is 0 Å². The third-order valence-corrected chi connectivity index (χ3v) is 1.46. The molecule has 0 N–H and O–H groups in total. The molecule has 0 aromatic carbocycles. The van der Waals surface area contributed by atoms with Crippen molar-refractivity contribution in [3.05, 3.63) is 23.7 Å². The molecule has 0 rings (SSSR count). The number of rotatable bonds is 5. The average Bonchev–Trinajstić information content (AvgIpc) is 2.11. The quantitative estimate of drug-likeness (QED) is 0.466. The monoisotopic (exact) mass is 170 g/mol. The predicted molar refractivity (Wildman–Crippen MR) is 50.8 cm³/mol. The molecule has 0 radical (unpaired) electrons. The SMILES string of the molecule is CCC=C(OC)C(=CCC)OC. The molecule has 0 heterocycles. The minimum absolute atomic E-state index is 0.821. The molecule has 0 unspecified atom stereocenters. The second kappa shape index (κ2) is 6.77. The van der Waals surface area contributed by atoms with Crippen LogP contribution in [0.5, 0.6) is 0 Å². The zero-order valence-corrected chi connectivity index (χ0v) is 8.39. The maximum atomic E-state index is 5.16. The van der Waals surface area contributed by atoms with Crippen molar-refractivity contribution < 1.29 is 9.47 Å². The molecule has 0 aliphatic rings. The van der Waals surface area contributed by atoms with Gasteiger partial charge in [0, 0.05) is 0 Å². The van der Waals surface area contributed by atoms with Crippen LogP contribution in [0.4, 0.5) is 0 Å². The first kappa shape index (κ1) is 11.1. The lowest BCUT2D eigenvalue weighted by atomic mass is 10.3. The highest BCUT2D eigenvalue weighted by molar-refractivity contribution is 5.19. The van der Waals surface area contributed by atoms with Gasteiger partial charge >= 0.3 is 0 Å². The lowest BCUT2D eigenvalue weighted by molar-refractivity contribution is 0.218. The molecule has 0 saturated heterocycles. The molecule has 0 spiro atoms. The number of hydrogen-bond donors (Lipinski definition) is 0. The van der Waals surface area contributed by atoms with E-state index in [0.717, 1.165) is 24.4 Å². The lowest BCUT2D eigenvalue weighted by Gasteiger charge is -2.08. The van der Waals surface area contributed by atoms with Gasteiger partial charge in [0.25, 0.3) is 0 Å². The van der Waals surface area contributed by atoms with Crippen LogP contribution in [0.15, 0.2) is 23.7 Å². The molecule has 0 amide bonds. The van der Waals surface area contributed by atoms with E-state index < -0.39 is 0 Å². The maximum Gasteiger partial charge on any atom is 0.156 e. The van der Waals surface area contributed by atoms with Gasteiger partial charge in [-0.1, -0.05) is 13.8 Å². The topological polar surface area (TPSA) is 18.5 Å². The summed E-state index contributed by atoms with van der Waals surface area (Å²) in [6, 6.07) is 0. The van der Waals surface area contributed by atoms with E-state index in [4.69, 9.17) is 9.47 Å². The van der Waals surface area contributed by atoms with E-state index in [2.05, 4.69) is 13.8 Å². The minimum atomic E-state index is 0.821. The van der Waals surface area contributed by atoms with Gasteiger partial charge in [0.15, 0.2) is 11.5 Å². The third kappa shape index (κ3) is 3.46. The van der Waals surface area contributed by atoms with Crippen LogP contribution >= 0.6 is 0 Å². The Balaban J connectivity index is 4.44. The molecule has 0 aliphatic carbocycles. The van der Waals surface area contributed by atoms with Crippen molar-refractivity contribution in [2.24, 2.45) is 0 Å². The highest BCUT2D eigenvalue weighted by Crippen LogP contribution is 2.12. The fourth-order valence-corrected chi connectivity index (χ4v) is 0.940. The van der Waals surface area contributed by atoms with E-state index in [-0.39, 0.29) is 0 Å². The summed E-state index contributed by atoms with van der Waals surface area (Å²) in [7, 11) is 3.31. The molecule has 0 aromatic heterocycles. The Labute approximate surface area is 74.9 Å². The smallest absolute Gasteiger partial charge is 0.156 e. The molecule has 70 valence electrons. The van der Waals surface area contributed by atoms with Crippen molar-refractivity contribution in [3.8, 4) is 0 Å². The van der Waals surface area contributed by atoms with Gasteiger partial charge in [-0.2, -0.15) is 0 Å². The molecular formula is C10H18O2. The second-order valence-electron chi connectivity index (χ2n) is 2.36. The summed E-state index contributed by atoms with van der Waals surface area (Å²) in [5.74, 6) is 1.64. The van der Waals surface area contributed by atoms with Crippen molar-refractivity contribution >= 4 is 0 Å². The number of methoxy groups -OCH3 is 2. The average molecular weight is 170 g/mol. The summed E-state index contributed by atoms with van der Waals surface area (Å²) in [5.41, 5.74) is 0. The summed E-state index contributed by atoms with van der Waals surface area (Å²) < 4.78 is 10.3. The maximum absolute atomic E-state index is 5.16. The minimum Gasteiger partial charge on any atom is -0.493 e. The molecular weight excluding hydrogens is 152 g/mol. The highest BCUT2D eigenvalue weighted by Gasteiger charge is 2.02. The summed E-state index contributed by atoms with van der Waals surface area (Å²) in [6.07, 6.45) is 5.91. The molecule has 0 aliphatic heterocycles. The Morgan fingerprint density at radius 3 is 1.42 bits per heavy atom. The highest BCUT2D eigenvalue weighted by atomic mass is 16.5. The van der Waals surface area contributed by atoms with Crippen molar-refractivity contribution in [1.29, 1.82) is 0 Å². The Morgan fingerprint density at radius 2 is 1.25 bits per heavy atom. The van der Waals surface area contributed by atoms with Crippen LogP contribution in [0, 0.1) is 0 Å². The Kier molecular flexibility index (Phi) is 6.25. The van der Waals surface area contributed by atoms with Gasteiger partial charge in [0.1, 0.15) is 0 Å². The van der Waals surface area contributed by atoms with Crippen LogP contribution in [0.25, 0.3) is 0 Å². The predicted octanol–water partition coefficient (Wildman–Crippen LogP) is 2.87. The number of hydrogen-bond acceptors (Lipinski definition) is 2. The van der Waals surface area contributed by atoms with Crippen LogP contribution in [0.2, 0.25) is 0 Å². The normalized spacial score (nSPS) is 13.0. The van der Waals surface area contributed by atoms with Crippen molar-refractivity contribution in [2.75, 3.05) is 14.2 Å². The van der Waals surface area contributed by atoms with E-state index in [1.165, 1.54) is 0 Å². The van der Waals surface area contributed by atoms with Crippen LogP contribution in [-0.4, -0.2) is 14.2 Å². The molecule has 2 nitrogen and oxygen atoms in total. The van der Waals surface area contributed by atoms with Crippen LogP contribution < -0.4 is 0 Å². The third-order valence-electron chi connectivity index (χ3n) is 1.46. The number of allylic oxidation sites excluding steroid dienone is 2. The summed E-state index contributed by atoms with van der Waals surface area (Å²) >= 11 is 0. The van der Waals surface area contributed by atoms with E-state index in [0.29, 0.717) is 0 Å². The van der Waals surface area contributed by atoms with Gasteiger partial charge < -0.3 is 9.47 Å². The first-order chi connectivity index (χ1) is 5.79. The van der Waals surface area contributed by atoms with E-state index in [1.54, 1.807) is 14.2 Å². The molecule has 2 heteroatoms. The summed E-state index contributed by atoms with van der Waals surface area (Å²) in [4.78, 5) is 0. The first-order valence-corrected chi connectivity index (χ1v) is 4.28. The van der Waals surface area contributed by atoms with Crippen molar-refractivity contribution in [1.82, 2.24) is 0 Å². The van der Waals surface area contributed by atoms with Crippen LogP contribution in [0.1, 0.15) is 26.7 Å². The van der Waals surface area contributed by atoms with Gasteiger partial charge in [-0.15, -0.1) is 0 Å². The zero-order valence-electron chi connectivity index (χ0n) is 8.39. The first-order valence-electron chi connectivity index (χ1n) is 4.28. The van der Waals surface area contributed by atoms with Crippen LogP contribution in [0.3, 0.4) is 0 Å². The van der Waals surface area contributed by atoms with Gasteiger partial charge in [0.05, 0.1) is 14.2 Å². The lowest BCUT2D eigenvalue weighted by Crippen LogP contribution is -1.95. The van der Waals surface area contributed by atoms with E-state index in [9.17, 15) is 0 Å². The molecule has 12 heavy (non-hydrogen) atoms. The van der Waals surface area contributed by atoms with Crippen molar-refractivity contribution in [3.63, 3.8) is 0 Å². The van der Waals surface area contributed by atoms with Gasteiger partial charge in [-0.3, -0.25) is 0 Å². The standard InChI is InChI=1S/C10H18O2/c1-5-7-9(11-3)10(12-4)8-6-2/h7-8H,5-6H2,1-4H3. The molecule has 0 aromatic rings. The Bertz CT molecular complexity index is 149. The van der Waals surface area contributed by atoms with Gasteiger partial charge in [-0.05, 0) is 25.0 Å². The van der Waals surface area contributed by atoms with E-state index in [1.807, 2.05) is 12.2 Å². The Hall–Kier alpha value is -0.920. The largest absolute Gasteiger partial charge is 0.493 e. The zero-order chi connectivity index (χ0) is 9.40. The second-order valence-corrected chi connectivity index (χ2v) is 2.36. The molecule has 0 saturated carbocycles. The number of ether oxygens (including phenoxy) is 2. The Morgan fingerprint density at radius 1 is 0.917 bits per heavy atom. The fourth-order valence-electron chi connectivity index (χ4n) is 0.940. The summed E-state index contributed by atoms with van der Waals surface area (Å²) in [5, 5.41) is 0. The van der Waals surface area contributed by atoms with Crippen LogP contribution in [-0.2, 0) is 9.47 Å². The summed E-state index contributed by atoms with van der Waals surface area (Å²) in [6.45, 7) is 4.14. The van der Waals surface area contributed by atoms with Crippen molar-refractivity contribution in [2.45, 2.75) is 26.7 Å². The fraction of sp³-hybridized carbons (Fsp3) is 0.600. The van der Waals surface area contributed by atoms with E-state index >= 15 is 0 Å². The molecule has 0 bridgehead atoms.